The summed E-state index contributed by atoms with van der Waals surface area (Å²) in [5, 5.41) is 0.400. The van der Waals surface area contributed by atoms with E-state index in [1.54, 1.807) is 35.7 Å². The Balaban J connectivity index is 1.85. The Morgan fingerprint density at radius 2 is 1.33 bits per heavy atom. The number of carbonyl (C=O) groups is 2. The van der Waals surface area contributed by atoms with Crippen LogP contribution in [0, 0.1) is 0 Å². The van der Waals surface area contributed by atoms with Crippen LogP contribution in [0.15, 0.2) is 82.6 Å². The van der Waals surface area contributed by atoms with E-state index in [4.69, 9.17) is 0 Å². The zero-order valence-electron chi connectivity index (χ0n) is 15.0. The van der Waals surface area contributed by atoms with Gasteiger partial charge in [0.1, 0.15) is 0 Å². The van der Waals surface area contributed by atoms with Gasteiger partial charge in [-0.1, -0.05) is 79.7 Å². The highest BCUT2D eigenvalue weighted by Crippen LogP contribution is 2.43. The summed E-state index contributed by atoms with van der Waals surface area (Å²) in [5.41, 5.74) is 2.14. The molecule has 1 heterocycles. The molecule has 0 saturated carbocycles. The smallest absolute Gasteiger partial charge is 0.191 e. The molecule has 3 rings (SSSR count). The van der Waals surface area contributed by atoms with E-state index in [-0.39, 0.29) is 17.1 Å². The number of allylic oxidation sites excluding steroid dienone is 3. The molecule has 0 N–H and O–H groups in total. The minimum absolute atomic E-state index is 0.245. The number of thioether (sulfide) groups is 2. The molecule has 2 aromatic carbocycles. The highest BCUT2D eigenvalue weighted by molar-refractivity contribution is 8.25. The molecule has 0 aromatic heterocycles. The van der Waals surface area contributed by atoms with E-state index in [9.17, 15) is 9.59 Å². The maximum Gasteiger partial charge on any atom is 0.191 e. The molecule has 0 spiro atoms. The van der Waals surface area contributed by atoms with Gasteiger partial charge in [0.15, 0.2) is 11.6 Å². The molecular formula is C23H20O2S2. The third kappa shape index (κ3) is 5.59. The van der Waals surface area contributed by atoms with E-state index in [1.165, 1.54) is 12.2 Å². The van der Waals surface area contributed by atoms with Gasteiger partial charge < -0.3 is 0 Å². The summed E-state index contributed by atoms with van der Waals surface area (Å²) < 4.78 is 0.827. The van der Waals surface area contributed by atoms with Crippen molar-refractivity contribution in [3.8, 4) is 0 Å². The number of hydrogen-bond donors (Lipinski definition) is 0. The second kappa shape index (κ2) is 9.58. The molecule has 1 aliphatic rings. The summed E-state index contributed by atoms with van der Waals surface area (Å²) >= 11 is 3.20. The average Bonchev–Trinajstić information content (AvgIpc) is 3.12. The van der Waals surface area contributed by atoms with Crippen LogP contribution in [-0.4, -0.2) is 22.6 Å². The maximum absolute atomic E-state index is 12.8. The van der Waals surface area contributed by atoms with Gasteiger partial charge in [0.2, 0.25) is 0 Å². The molecule has 27 heavy (non-hydrogen) atoms. The van der Waals surface area contributed by atoms with E-state index >= 15 is 0 Å². The fourth-order valence-electron chi connectivity index (χ4n) is 2.54. The molecule has 136 valence electrons. The Bertz CT molecular complexity index is 833. The van der Waals surface area contributed by atoms with E-state index in [1.807, 2.05) is 60.7 Å². The Hall–Kier alpha value is -2.30. The summed E-state index contributed by atoms with van der Waals surface area (Å²) in [6.07, 6.45) is 6.50. The minimum Gasteiger partial charge on any atom is -0.289 e. The predicted octanol–water partition coefficient (Wildman–Crippen LogP) is 5.63. The molecule has 2 nitrogen and oxygen atoms in total. The number of ketones is 2. The van der Waals surface area contributed by atoms with E-state index in [0.717, 1.165) is 21.1 Å². The summed E-state index contributed by atoms with van der Waals surface area (Å²) in [4.78, 5) is 25.7. The van der Waals surface area contributed by atoms with Crippen LogP contribution in [0.4, 0.5) is 0 Å². The first-order valence-corrected chi connectivity index (χ1v) is 10.6. The van der Waals surface area contributed by atoms with E-state index < -0.39 is 0 Å². The second-order valence-corrected chi connectivity index (χ2v) is 8.86. The lowest BCUT2D eigenvalue weighted by Crippen LogP contribution is -2.10. The predicted molar refractivity (Wildman–Crippen MR) is 118 cm³/mol. The summed E-state index contributed by atoms with van der Waals surface area (Å²) in [7, 11) is 0. The Morgan fingerprint density at radius 3 is 1.74 bits per heavy atom. The lowest BCUT2D eigenvalue weighted by molar-refractivity contribution is -0.116. The van der Waals surface area contributed by atoms with Crippen LogP contribution in [0.2, 0.25) is 0 Å². The van der Waals surface area contributed by atoms with Gasteiger partial charge in [0.05, 0.1) is 9.81 Å². The van der Waals surface area contributed by atoms with Crippen LogP contribution < -0.4 is 0 Å². The van der Waals surface area contributed by atoms with Gasteiger partial charge in [-0.15, -0.1) is 23.5 Å². The van der Waals surface area contributed by atoms with Crippen molar-refractivity contribution < 1.29 is 9.59 Å². The summed E-state index contributed by atoms with van der Waals surface area (Å²) in [6.45, 7) is 2.11. The number of rotatable bonds is 6. The summed E-state index contributed by atoms with van der Waals surface area (Å²) in [6, 6.07) is 19.2. The van der Waals surface area contributed by atoms with Gasteiger partial charge in [-0.2, -0.15) is 0 Å². The van der Waals surface area contributed by atoms with Gasteiger partial charge in [-0.25, -0.2) is 0 Å². The quantitative estimate of drug-likeness (QED) is 0.362. The first-order chi connectivity index (χ1) is 13.1. The van der Waals surface area contributed by atoms with Gasteiger partial charge in [-0.05, 0) is 23.3 Å². The van der Waals surface area contributed by atoms with Crippen molar-refractivity contribution in [1.82, 2.24) is 0 Å². The molecule has 1 atom stereocenters. The molecule has 0 bridgehead atoms. The SMILES string of the molecule is C[C@@H]1CSC(=C(C(=O)/C=C\c2ccccc2)C(=O)/C=C\c2ccccc2)S1. The first kappa shape index (κ1) is 19.5. The van der Waals surface area contributed by atoms with Crippen molar-refractivity contribution >= 4 is 47.2 Å². The van der Waals surface area contributed by atoms with Crippen LogP contribution in [0.3, 0.4) is 0 Å². The number of hydrogen-bond acceptors (Lipinski definition) is 4. The average molecular weight is 393 g/mol. The van der Waals surface area contributed by atoms with Crippen molar-refractivity contribution in [1.29, 1.82) is 0 Å². The summed E-state index contributed by atoms with van der Waals surface area (Å²) in [5.74, 6) is 0.422. The second-order valence-electron chi connectivity index (χ2n) is 6.12. The minimum atomic E-state index is -0.245. The van der Waals surface area contributed by atoms with Gasteiger partial charge in [-0.3, -0.25) is 9.59 Å². The highest BCUT2D eigenvalue weighted by atomic mass is 32.2. The Morgan fingerprint density at radius 1 is 0.852 bits per heavy atom. The molecule has 1 fully saturated rings. The van der Waals surface area contributed by atoms with Crippen LogP contribution >= 0.6 is 23.5 Å². The topological polar surface area (TPSA) is 34.1 Å². The van der Waals surface area contributed by atoms with E-state index in [0.29, 0.717) is 5.25 Å². The molecule has 0 radical (unpaired) electrons. The Kier molecular flexibility index (Phi) is 6.91. The van der Waals surface area contributed by atoms with Gasteiger partial charge in [0, 0.05) is 11.0 Å². The number of carbonyl (C=O) groups excluding carboxylic acids is 2. The van der Waals surface area contributed by atoms with Crippen LogP contribution in [-0.2, 0) is 9.59 Å². The molecule has 0 amide bonds. The third-order valence-electron chi connectivity index (χ3n) is 3.91. The molecule has 1 aliphatic heterocycles. The van der Waals surface area contributed by atoms with Crippen molar-refractivity contribution in [2.45, 2.75) is 12.2 Å². The normalized spacial score (nSPS) is 16.9. The van der Waals surface area contributed by atoms with Crippen LogP contribution in [0.25, 0.3) is 12.2 Å². The maximum atomic E-state index is 12.8. The van der Waals surface area contributed by atoms with Crippen molar-refractivity contribution in [3.63, 3.8) is 0 Å². The van der Waals surface area contributed by atoms with Crippen molar-refractivity contribution in [2.75, 3.05) is 5.75 Å². The molecule has 2 aromatic rings. The van der Waals surface area contributed by atoms with Gasteiger partial charge in [0.25, 0.3) is 0 Å². The highest BCUT2D eigenvalue weighted by Gasteiger charge is 2.26. The van der Waals surface area contributed by atoms with E-state index in [2.05, 4.69) is 6.92 Å². The monoisotopic (exact) mass is 392 g/mol. The molecule has 0 aliphatic carbocycles. The molecule has 4 heteroatoms. The molecule has 1 saturated heterocycles. The van der Waals surface area contributed by atoms with Crippen LogP contribution in [0.1, 0.15) is 18.1 Å². The molecule has 0 unspecified atom stereocenters. The molecular weight excluding hydrogens is 372 g/mol. The standard InChI is InChI=1S/C23H20O2S2/c1-17-16-26-23(27-17)22(20(24)14-12-18-8-4-2-5-9-18)21(25)15-13-19-10-6-3-7-11-19/h2-15,17H,16H2,1H3/b14-12-,15-13-/t17-/m1/s1. The first-order valence-electron chi connectivity index (χ1n) is 8.72. The lowest BCUT2D eigenvalue weighted by atomic mass is 10.1. The van der Waals surface area contributed by atoms with Gasteiger partial charge >= 0.3 is 0 Å². The number of benzene rings is 2. The fraction of sp³-hybridized carbons (Fsp3) is 0.130. The third-order valence-corrected chi connectivity index (χ3v) is 6.88. The van der Waals surface area contributed by atoms with Crippen molar-refractivity contribution in [2.24, 2.45) is 0 Å². The largest absolute Gasteiger partial charge is 0.289 e. The van der Waals surface area contributed by atoms with Crippen LogP contribution in [0.5, 0.6) is 0 Å². The zero-order valence-corrected chi connectivity index (χ0v) is 16.6. The fourth-order valence-corrected chi connectivity index (χ4v) is 5.40. The zero-order chi connectivity index (χ0) is 19.1. The Labute approximate surface area is 168 Å². The lowest BCUT2D eigenvalue weighted by Gasteiger charge is -2.04. The van der Waals surface area contributed by atoms with Crippen molar-refractivity contribution in [3.05, 3.63) is 93.8 Å².